The van der Waals surface area contributed by atoms with E-state index in [-0.39, 0.29) is 17.4 Å². The molecule has 0 aliphatic heterocycles. The number of hydrogen-bond acceptors (Lipinski definition) is 6. The second-order valence-electron chi connectivity index (χ2n) is 9.07. The lowest BCUT2D eigenvalue weighted by Gasteiger charge is -2.34. The average molecular weight is 488 g/mol. The van der Waals surface area contributed by atoms with Crippen molar-refractivity contribution in [1.29, 1.82) is 0 Å². The van der Waals surface area contributed by atoms with E-state index in [0.717, 1.165) is 23.8 Å². The zero-order chi connectivity index (χ0) is 23.0. The summed E-state index contributed by atoms with van der Waals surface area (Å²) >= 11 is 6.20. The van der Waals surface area contributed by atoms with Gasteiger partial charge in [-0.05, 0) is 44.2 Å². The molecule has 0 unspecified atom stereocenters. The number of pyridine rings is 2. The van der Waals surface area contributed by atoms with E-state index in [4.69, 9.17) is 16.3 Å². The smallest absolute Gasteiger partial charge is 0.223 e. The zero-order valence-corrected chi connectivity index (χ0v) is 20.9. The topological polar surface area (TPSA) is 98.2 Å². The summed E-state index contributed by atoms with van der Waals surface area (Å²) < 4.78 is 45.0. The number of nitrogens with one attached hydrogen (secondary N) is 1. The second-order valence-corrected chi connectivity index (χ2v) is 13.8. The number of nitrogens with zero attached hydrogens (tertiary/aromatic N) is 2. The molecule has 10 heteroatoms. The predicted molar refractivity (Wildman–Crippen MR) is 126 cm³/mol. The van der Waals surface area contributed by atoms with Gasteiger partial charge in [-0.3, -0.25) is 0 Å². The summed E-state index contributed by atoms with van der Waals surface area (Å²) in [5.41, 5.74) is 0.883. The minimum absolute atomic E-state index is 0.175. The maximum Gasteiger partial charge on any atom is 0.223 e. The van der Waals surface area contributed by atoms with E-state index >= 15 is 0 Å². The van der Waals surface area contributed by atoms with E-state index < -0.39 is 25.6 Å². The standard InChI is InChI=1S/C21H30ClN3O4S2/c1-6-7-18(25-30(26)21(2,3)4)16-11-24-20(17-12-23-19(22)10-15(16)17)29-13-8-14(9-13)31(5,27)28/h10-14,18,25H,6-9H2,1-5H3/t13?,14?,18-,30-/m0/s1. The first kappa shape index (κ1) is 24.4. The first-order chi connectivity index (χ1) is 14.4. The third-order valence-corrected chi connectivity index (χ3v) is 8.84. The highest BCUT2D eigenvalue weighted by atomic mass is 35.5. The summed E-state index contributed by atoms with van der Waals surface area (Å²) in [5, 5.41) is 1.52. The van der Waals surface area contributed by atoms with Crippen molar-refractivity contribution in [3.63, 3.8) is 0 Å². The largest absolute Gasteiger partial charge is 0.474 e. The predicted octanol–water partition coefficient (Wildman–Crippen LogP) is 4.13. The van der Waals surface area contributed by atoms with Crippen molar-refractivity contribution in [2.75, 3.05) is 6.26 Å². The van der Waals surface area contributed by atoms with Gasteiger partial charge < -0.3 is 4.74 Å². The Labute approximate surface area is 191 Å². The van der Waals surface area contributed by atoms with Gasteiger partial charge in [-0.15, -0.1) is 0 Å². The lowest BCUT2D eigenvalue weighted by atomic mass is 9.95. The monoisotopic (exact) mass is 487 g/mol. The number of ether oxygens (including phenoxy) is 1. The van der Waals surface area contributed by atoms with E-state index in [0.29, 0.717) is 29.3 Å². The first-order valence-corrected chi connectivity index (χ1v) is 13.9. The van der Waals surface area contributed by atoms with E-state index in [2.05, 4.69) is 21.6 Å². The Hall–Kier alpha value is -1.29. The molecule has 2 heterocycles. The molecule has 172 valence electrons. The lowest BCUT2D eigenvalue weighted by molar-refractivity contribution is 0.119. The Bertz CT molecular complexity index is 1080. The molecule has 31 heavy (non-hydrogen) atoms. The molecule has 0 amide bonds. The van der Waals surface area contributed by atoms with Crippen molar-refractivity contribution in [3.8, 4) is 5.88 Å². The SMILES string of the molecule is CCC[C@H](N[S@@](=O)C(C)(C)C)c1cnc(OC2CC(S(C)(=O)=O)C2)c2cnc(Cl)cc12. The molecule has 1 fully saturated rings. The van der Waals surface area contributed by atoms with Crippen LogP contribution in [0.3, 0.4) is 0 Å². The van der Waals surface area contributed by atoms with E-state index in [9.17, 15) is 12.6 Å². The number of sulfone groups is 1. The maximum absolute atomic E-state index is 12.8. The van der Waals surface area contributed by atoms with Crippen LogP contribution in [0.1, 0.15) is 65.0 Å². The minimum atomic E-state index is -3.05. The average Bonchev–Trinajstić information content (AvgIpc) is 2.61. The van der Waals surface area contributed by atoms with Crippen molar-refractivity contribution in [2.24, 2.45) is 0 Å². The number of fused-ring (bicyclic) bond motifs is 1. The van der Waals surface area contributed by atoms with Crippen LogP contribution in [-0.4, -0.2) is 45.0 Å². The van der Waals surface area contributed by atoms with E-state index in [1.807, 2.05) is 20.8 Å². The maximum atomic E-state index is 12.8. The molecule has 7 nitrogen and oxygen atoms in total. The fourth-order valence-electron chi connectivity index (χ4n) is 3.47. The number of aromatic nitrogens is 2. The normalized spacial score (nSPS) is 21.5. The highest BCUT2D eigenvalue weighted by molar-refractivity contribution is 7.91. The molecule has 2 aromatic rings. The van der Waals surface area contributed by atoms with Crippen LogP contribution in [-0.2, 0) is 20.8 Å². The fourth-order valence-corrected chi connectivity index (χ4v) is 5.61. The van der Waals surface area contributed by atoms with E-state index in [1.165, 1.54) is 6.26 Å². The Kier molecular flexibility index (Phi) is 7.30. The number of halogens is 1. The quantitative estimate of drug-likeness (QED) is 0.562. The van der Waals surface area contributed by atoms with Crippen LogP contribution in [0.4, 0.5) is 0 Å². The van der Waals surface area contributed by atoms with Gasteiger partial charge in [0.2, 0.25) is 5.88 Å². The van der Waals surface area contributed by atoms with Gasteiger partial charge in [0.25, 0.3) is 0 Å². The third kappa shape index (κ3) is 5.74. The van der Waals surface area contributed by atoms with Crippen LogP contribution >= 0.6 is 11.6 Å². The summed E-state index contributed by atoms with van der Waals surface area (Å²) in [6.45, 7) is 7.85. The second kappa shape index (κ2) is 9.29. The first-order valence-electron chi connectivity index (χ1n) is 10.4. The Balaban J connectivity index is 1.93. The molecule has 0 radical (unpaired) electrons. The van der Waals surface area contributed by atoms with Gasteiger partial charge in [0.1, 0.15) is 11.3 Å². The summed E-state index contributed by atoms with van der Waals surface area (Å²) in [7, 11) is -4.31. The summed E-state index contributed by atoms with van der Waals surface area (Å²) in [6.07, 6.45) is 6.99. The lowest BCUT2D eigenvalue weighted by Crippen LogP contribution is -2.42. The molecular formula is C21H30ClN3O4S2. The van der Waals surface area contributed by atoms with Gasteiger partial charge >= 0.3 is 0 Å². The van der Waals surface area contributed by atoms with Gasteiger partial charge in [0, 0.05) is 37.5 Å². The molecule has 0 aromatic carbocycles. The van der Waals surface area contributed by atoms with Gasteiger partial charge in [0.05, 0.1) is 26.4 Å². The summed E-state index contributed by atoms with van der Waals surface area (Å²) in [4.78, 5) is 8.71. The third-order valence-electron chi connectivity index (χ3n) is 5.43. The van der Waals surface area contributed by atoms with Gasteiger partial charge in [-0.2, -0.15) is 0 Å². The summed E-state index contributed by atoms with van der Waals surface area (Å²) in [6, 6.07) is 1.59. The van der Waals surface area contributed by atoms with Gasteiger partial charge in [0.15, 0.2) is 9.84 Å². The molecule has 0 saturated heterocycles. The number of hydrogen-bond donors (Lipinski definition) is 1. The van der Waals surface area contributed by atoms with Crippen molar-refractivity contribution in [2.45, 2.75) is 75.5 Å². The molecule has 2 atom stereocenters. The van der Waals surface area contributed by atoms with Gasteiger partial charge in [-0.1, -0.05) is 24.9 Å². The molecule has 0 bridgehead atoms. The van der Waals surface area contributed by atoms with E-state index in [1.54, 1.807) is 18.5 Å². The fraction of sp³-hybridized carbons (Fsp3) is 0.619. The molecule has 1 N–H and O–H groups in total. The Morgan fingerprint density at radius 1 is 1.26 bits per heavy atom. The Morgan fingerprint density at radius 2 is 1.94 bits per heavy atom. The Morgan fingerprint density at radius 3 is 2.52 bits per heavy atom. The van der Waals surface area contributed by atoms with Crippen molar-refractivity contribution in [3.05, 3.63) is 29.2 Å². The van der Waals surface area contributed by atoms with Crippen LogP contribution < -0.4 is 9.46 Å². The van der Waals surface area contributed by atoms with Crippen molar-refractivity contribution < 1.29 is 17.4 Å². The molecule has 3 rings (SSSR count). The van der Waals surface area contributed by atoms with Crippen molar-refractivity contribution in [1.82, 2.24) is 14.7 Å². The molecule has 1 aliphatic carbocycles. The number of rotatable bonds is 8. The molecule has 0 spiro atoms. The van der Waals surface area contributed by atoms with Crippen LogP contribution in [0.25, 0.3) is 10.8 Å². The van der Waals surface area contributed by atoms with Crippen LogP contribution in [0.5, 0.6) is 5.88 Å². The van der Waals surface area contributed by atoms with Crippen LogP contribution in [0.15, 0.2) is 18.5 Å². The molecule has 1 aliphatic rings. The highest BCUT2D eigenvalue weighted by Crippen LogP contribution is 2.36. The van der Waals surface area contributed by atoms with Crippen LogP contribution in [0.2, 0.25) is 5.15 Å². The molecule has 2 aromatic heterocycles. The van der Waals surface area contributed by atoms with Crippen molar-refractivity contribution >= 4 is 43.2 Å². The minimum Gasteiger partial charge on any atom is -0.474 e. The zero-order valence-electron chi connectivity index (χ0n) is 18.5. The van der Waals surface area contributed by atoms with Gasteiger partial charge in [-0.25, -0.2) is 27.3 Å². The molecule has 1 saturated carbocycles. The molecular weight excluding hydrogens is 458 g/mol. The highest BCUT2D eigenvalue weighted by Gasteiger charge is 2.38. The van der Waals surface area contributed by atoms with Crippen LogP contribution in [0, 0.1) is 0 Å². The summed E-state index contributed by atoms with van der Waals surface area (Å²) in [5.74, 6) is 0.409.